The Morgan fingerprint density at radius 2 is 2.00 bits per heavy atom. The number of hydrogen-bond donors (Lipinski definition) is 2. The molecule has 7 nitrogen and oxygen atoms in total. The van der Waals surface area contributed by atoms with Crippen LogP contribution in [-0.2, 0) is 9.53 Å². The van der Waals surface area contributed by atoms with Gasteiger partial charge in [-0.15, -0.1) is 11.3 Å². The van der Waals surface area contributed by atoms with Gasteiger partial charge in [-0.2, -0.15) is 0 Å². The smallest absolute Gasteiger partial charge is 0.410 e. The van der Waals surface area contributed by atoms with Crippen molar-refractivity contribution in [3.8, 4) is 11.3 Å². The molecule has 1 saturated heterocycles. The Kier molecular flexibility index (Phi) is 5.36. The molecule has 1 aromatic carbocycles. The molecule has 2 aromatic rings. The van der Waals surface area contributed by atoms with E-state index in [1.54, 1.807) is 0 Å². The van der Waals surface area contributed by atoms with Crippen molar-refractivity contribution >= 4 is 34.2 Å². The molecule has 1 aliphatic rings. The van der Waals surface area contributed by atoms with Gasteiger partial charge in [-0.3, -0.25) is 9.69 Å². The second kappa shape index (κ2) is 7.56. The van der Waals surface area contributed by atoms with E-state index in [1.165, 1.54) is 16.2 Å². The number of likely N-dealkylation sites (tertiary alicyclic amines) is 1. The number of hydrogen-bond acceptors (Lipinski definition) is 6. The van der Waals surface area contributed by atoms with Gasteiger partial charge >= 0.3 is 6.09 Å². The SMILES string of the molecule is CC(C)(C)OC(=O)N1CCCC1C(=O)Nc1ccc(-c2csc(N)n2)cc1. The van der Waals surface area contributed by atoms with Gasteiger partial charge in [0.15, 0.2) is 5.13 Å². The summed E-state index contributed by atoms with van der Waals surface area (Å²) < 4.78 is 5.41. The van der Waals surface area contributed by atoms with E-state index in [0.29, 0.717) is 23.8 Å². The molecule has 2 amide bonds. The van der Waals surface area contributed by atoms with Gasteiger partial charge in [0.2, 0.25) is 5.91 Å². The molecule has 1 aliphatic heterocycles. The Bertz CT molecular complexity index is 826. The van der Waals surface area contributed by atoms with Crippen molar-refractivity contribution in [3.63, 3.8) is 0 Å². The fraction of sp³-hybridized carbons (Fsp3) is 0.421. The first-order chi connectivity index (χ1) is 12.7. The molecule has 1 fully saturated rings. The number of amides is 2. The number of carbonyl (C=O) groups is 2. The third-order valence-corrected chi connectivity index (χ3v) is 4.83. The van der Waals surface area contributed by atoms with E-state index < -0.39 is 17.7 Å². The molecule has 0 spiro atoms. The lowest BCUT2D eigenvalue weighted by Gasteiger charge is -2.28. The molecular formula is C19H24N4O3S. The van der Waals surface area contributed by atoms with Gasteiger partial charge < -0.3 is 15.8 Å². The zero-order valence-corrected chi connectivity index (χ0v) is 16.5. The highest BCUT2D eigenvalue weighted by Gasteiger charge is 2.36. The molecule has 1 unspecified atom stereocenters. The van der Waals surface area contributed by atoms with Crippen LogP contribution < -0.4 is 11.1 Å². The Hall–Kier alpha value is -2.61. The Labute approximate surface area is 162 Å². The van der Waals surface area contributed by atoms with E-state index in [1.807, 2.05) is 50.4 Å². The number of nitrogens with two attached hydrogens (primary N) is 1. The monoisotopic (exact) mass is 388 g/mol. The lowest BCUT2D eigenvalue weighted by atomic mass is 10.1. The lowest BCUT2D eigenvalue weighted by Crippen LogP contribution is -2.45. The van der Waals surface area contributed by atoms with Crippen LogP contribution >= 0.6 is 11.3 Å². The number of thiazole rings is 1. The number of benzene rings is 1. The molecule has 8 heteroatoms. The van der Waals surface area contributed by atoms with Crippen LogP contribution in [0.1, 0.15) is 33.6 Å². The van der Waals surface area contributed by atoms with E-state index in [0.717, 1.165) is 17.7 Å². The summed E-state index contributed by atoms with van der Waals surface area (Å²) in [5.41, 5.74) is 7.48. The summed E-state index contributed by atoms with van der Waals surface area (Å²) in [6, 6.07) is 6.87. The van der Waals surface area contributed by atoms with Crippen LogP contribution in [0.15, 0.2) is 29.6 Å². The molecule has 0 radical (unpaired) electrons. The number of nitrogens with zero attached hydrogens (tertiary/aromatic N) is 2. The van der Waals surface area contributed by atoms with Crippen LogP contribution in [0.5, 0.6) is 0 Å². The molecule has 1 atom stereocenters. The van der Waals surface area contributed by atoms with Gasteiger partial charge in [0.1, 0.15) is 11.6 Å². The first-order valence-electron chi connectivity index (χ1n) is 8.85. The highest BCUT2D eigenvalue weighted by atomic mass is 32.1. The van der Waals surface area contributed by atoms with Crippen LogP contribution in [0.4, 0.5) is 15.6 Å². The summed E-state index contributed by atoms with van der Waals surface area (Å²) >= 11 is 1.39. The summed E-state index contributed by atoms with van der Waals surface area (Å²) in [5, 5.41) is 5.29. The summed E-state index contributed by atoms with van der Waals surface area (Å²) in [5.74, 6) is -0.205. The number of carbonyl (C=O) groups excluding carboxylic acids is 2. The molecule has 3 N–H and O–H groups in total. The minimum absolute atomic E-state index is 0.205. The van der Waals surface area contributed by atoms with Gasteiger partial charge in [-0.1, -0.05) is 12.1 Å². The maximum Gasteiger partial charge on any atom is 0.410 e. The lowest BCUT2D eigenvalue weighted by molar-refractivity contribution is -0.120. The molecule has 27 heavy (non-hydrogen) atoms. The summed E-state index contributed by atoms with van der Waals surface area (Å²) in [4.78, 5) is 30.8. The van der Waals surface area contributed by atoms with Crippen LogP contribution in [0.25, 0.3) is 11.3 Å². The second-order valence-electron chi connectivity index (χ2n) is 7.47. The molecule has 0 bridgehead atoms. The molecule has 2 heterocycles. The maximum absolute atomic E-state index is 12.7. The molecular weight excluding hydrogens is 364 g/mol. The Balaban J connectivity index is 1.65. The Morgan fingerprint density at radius 3 is 2.59 bits per heavy atom. The predicted octanol–water partition coefficient (Wildman–Crippen LogP) is 3.73. The van der Waals surface area contributed by atoms with E-state index in [4.69, 9.17) is 10.5 Å². The summed E-state index contributed by atoms with van der Waals surface area (Å²) in [7, 11) is 0. The first kappa shape index (κ1) is 19.2. The molecule has 3 rings (SSSR count). The third-order valence-electron chi connectivity index (χ3n) is 4.15. The first-order valence-corrected chi connectivity index (χ1v) is 9.73. The van der Waals surface area contributed by atoms with Crippen molar-refractivity contribution in [3.05, 3.63) is 29.6 Å². The fourth-order valence-electron chi connectivity index (χ4n) is 2.95. The van der Waals surface area contributed by atoms with Crippen molar-refractivity contribution in [2.75, 3.05) is 17.6 Å². The van der Waals surface area contributed by atoms with Crippen LogP contribution in [0.2, 0.25) is 0 Å². The van der Waals surface area contributed by atoms with E-state index >= 15 is 0 Å². The fourth-order valence-corrected chi connectivity index (χ4v) is 3.52. The average molecular weight is 388 g/mol. The highest BCUT2D eigenvalue weighted by molar-refractivity contribution is 7.13. The average Bonchev–Trinajstić information content (AvgIpc) is 3.23. The quantitative estimate of drug-likeness (QED) is 0.835. The number of rotatable bonds is 3. The van der Waals surface area contributed by atoms with E-state index in [-0.39, 0.29) is 5.91 Å². The summed E-state index contributed by atoms with van der Waals surface area (Å²) in [6.07, 6.45) is 0.958. The standard InChI is InChI=1S/C19H24N4O3S/c1-19(2,3)26-18(25)23-10-4-5-15(23)16(24)21-13-8-6-12(7-9-13)14-11-27-17(20)22-14/h6-9,11,15H,4-5,10H2,1-3H3,(H2,20,22)(H,21,24). The van der Waals surface area contributed by atoms with Crippen LogP contribution in [0, 0.1) is 0 Å². The zero-order valence-electron chi connectivity index (χ0n) is 15.7. The van der Waals surface area contributed by atoms with Gasteiger partial charge in [0, 0.05) is 23.2 Å². The number of aromatic nitrogens is 1. The summed E-state index contributed by atoms with van der Waals surface area (Å²) in [6.45, 7) is 5.96. The third kappa shape index (κ3) is 4.77. The van der Waals surface area contributed by atoms with Gasteiger partial charge in [-0.25, -0.2) is 9.78 Å². The highest BCUT2D eigenvalue weighted by Crippen LogP contribution is 2.25. The van der Waals surface area contributed by atoms with E-state index in [2.05, 4.69) is 10.3 Å². The van der Waals surface area contributed by atoms with Gasteiger partial charge in [0.25, 0.3) is 0 Å². The van der Waals surface area contributed by atoms with Crippen molar-refractivity contribution < 1.29 is 14.3 Å². The minimum atomic E-state index is -0.588. The molecule has 0 aliphatic carbocycles. The molecule has 144 valence electrons. The van der Waals surface area contributed by atoms with Crippen molar-refractivity contribution in [1.82, 2.24) is 9.88 Å². The van der Waals surface area contributed by atoms with Crippen molar-refractivity contribution in [2.45, 2.75) is 45.3 Å². The largest absolute Gasteiger partial charge is 0.444 e. The van der Waals surface area contributed by atoms with Crippen LogP contribution in [-0.4, -0.2) is 40.1 Å². The second-order valence-corrected chi connectivity index (χ2v) is 8.36. The normalized spacial score (nSPS) is 17.0. The van der Waals surface area contributed by atoms with Crippen molar-refractivity contribution in [2.24, 2.45) is 0 Å². The van der Waals surface area contributed by atoms with Crippen LogP contribution in [0.3, 0.4) is 0 Å². The Morgan fingerprint density at radius 1 is 1.30 bits per heavy atom. The molecule has 0 saturated carbocycles. The predicted molar refractivity (Wildman–Crippen MR) is 107 cm³/mol. The van der Waals surface area contributed by atoms with Gasteiger partial charge in [-0.05, 0) is 45.7 Å². The van der Waals surface area contributed by atoms with Crippen molar-refractivity contribution in [1.29, 1.82) is 0 Å². The topological polar surface area (TPSA) is 97.5 Å². The van der Waals surface area contributed by atoms with E-state index in [9.17, 15) is 9.59 Å². The number of ether oxygens (including phenoxy) is 1. The molecule has 1 aromatic heterocycles. The number of nitrogens with one attached hydrogen (secondary N) is 1. The number of anilines is 2. The van der Waals surface area contributed by atoms with Gasteiger partial charge in [0.05, 0.1) is 5.69 Å². The zero-order chi connectivity index (χ0) is 19.6. The minimum Gasteiger partial charge on any atom is -0.444 e. The number of nitrogen functional groups attached to an aromatic ring is 1. The maximum atomic E-state index is 12.7.